The van der Waals surface area contributed by atoms with Crippen molar-refractivity contribution in [3.05, 3.63) is 51.4 Å². The molecule has 9 nitrogen and oxygen atoms in total. The highest BCUT2D eigenvalue weighted by molar-refractivity contribution is 5.92. The molecule has 4 N–H and O–H groups in total. The summed E-state index contributed by atoms with van der Waals surface area (Å²) in [6, 6.07) is 8.03. The number of nitrogens with one attached hydrogen (secondary N) is 2. The number of halogens is 1. The van der Waals surface area contributed by atoms with Gasteiger partial charge in [0.1, 0.15) is 5.75 Å². The van der Waals surface area contributed by atoms with Crippen molar-refractivity contribution >= 4 is 35.2 Å². The molecular weight excluding hydrogens is 460 g/mol. The smallest absolute Gasteiger partial charge is 0.345 e. The standard InChI is InChI=1S/C24H28N4O5.ClH/c1-4-18-21(26-23(31)20(22(18)30)24(32)33)14-5-6-19-15(9-14)10-17(27(19)3)12-28-8-7-16(11-28)25-13(2)29;/h5-6,9-10,16H,4,7-8,11-12H2,1-3H3,(H,25,29)(H,32,33)(H2,26,30,31);1H. The van der Waals surface area contributed by atoms with Gasteiger partial charge in [-0.05, 0) is 36.6 Å². The van der Waals surface area contributed by atoms with Crippen LogP contribution in [0.1, 0.15) is 41.9 Å². The number of aryl methyl sites for hydroxylation is 1. The zero-order chi connectivity index (χ0) is 23.9. The van der Waals surface area contributed by atoms with Crippen LogP contribution in [0, 0.1) is 0 Å². The summed E-state index contributed by atoms with van der Waals surface area (Å²) < 4.78 is 2.12. The number of fused-ring (bicyclic) bond motifs is 1. The average Bonchev–Trinajstić information content (AvgIpc) is 3.30. The van der Waals surface area contributed by atoms with Crippen molar-refractivity contribution in [1.29, 1.82) is 0 Å². The van der Waals surface area contributed by atoms with Crippen LogP contribution >= 0.6 is 12.4 Å². The number of carboxylic acids is 1. The molecule has 182 valence electrons. The largest absolute Gasteiger partial charge is 0.506 e. The molecule has 1 unspecified atom stereocenters. The third kappa shape index (κ3) is 4.67. The maximum Gasteiger partial charge on any atom is 0.345 e. The van der Waals surface area contributed by atoms with Gasteiger partial charge in [-0.15, -0.1) is 12.4 Å². The van der Waals surface area contributed by atoms with Crippen LogP contribution in [-0.4, -0.2) is 55.7 Å². The number of pyridine rings is 1. The van der Waals surface area contributed by atoms with Gasteiger partial charge < -0.3 is 25.1 Å². The molecule has 10 heteroatoms. The van der Waals surface area contributed by atoms with E-state index in [4.69, 9.17) is 0 Å². The quantitative estimate of drug-likeness (QED) is 0.422. The van der Waals surface area contributed by atoms with E-state index in [-0.39, 0.29) is 24.4 Å². The number of rotatable bonds is 6. The van der Waals surface area contributed by atoms with Crippen molar-refractivity contribution < 1.29 is 19.8 Å². The molecule has 3 aromatic rings. The van der Waals surface area contributed by atoms with E-state index in [9.17, 15) is 24.6 Å². The van der Waals surface area contributed by atoms with Crippen LogP contribution in [0.2, 0.25) is 0 Å². The van der Waals surface area contributed by atoms with Crippen LogP contribution in [0.15, 0.2) is 29.1 Å². The Morgan fingerprint density at radius 1 is 1.26 bits per heavy atom. The summed E-state index contributed by atoms with van der Waals surface area (Å²) in [6.07, 6.45) is 1.29. The molecular formula is C24H29ClN4O5. The van der Waals surface area contributed by atoms with E-state index in [1.54, 1.807) is 6.92 Å². The van der Waals surface area contributed by atoms with Crippen molar-refractivity contribution in [2.24, 2.45) is 7.05 Å². The number of likely N-dealkylation sites (tertiary alicyclic amines) is 1. The number of hydrogen-bond acceptors (Lipinski definition) is 5. The second-order valence-corrected chi connectivity index (χ2v) is 8.58. The van der Waals surface area contributed by atoms with Crippen molar-refractivity contribution in [3.63, 3.8) is 0 Å². The lowest BCUT2D eigenvalue weighted by molar-refractivity contribution is -0.119. The Bertz CT molecular complexity index is 1310. The Hall–Kier alpha value is -3.30. The van der Waals surface area contributed by atoms with E-state index in [0.29, 0.717) is 23.2 Å². The molecule has 34 heavy (non-hydrogen) atoms. The number of amides is 1. The summed E-state index contributed by atoms with van der Waals surface area (Å²) in [7, 11) is 2.01. The number of aromatic carboxylic acids is 1. The first-order chi connectivity index (χ1) is 15.7. The van der Waals surface area contributed by atoms with Gasteiger partial charge in [0.2, 0.25) is 5.91 Å². The zero-order valence-electron chi connectivity index (χ0n) is 19.3. The number of aromatic nitrogens is 2. The monoisotopic (exact) mass is 488 g/mol. The average molecular weight is 489 g/mol. The van der Waals surface area contributed by atoms with Crippen LogP contribution in [0.3, 0.4) is 0 Å². The zero-order valence-corrected chi connectivity index (χ0v) is 20.2. The molecule has 1 aliphatic heterocycles. The van der Waals surface area contributed by atoms with E-state index in [1.807, 2.05) is 25.2 Å². The molecule has 1 amide bonds. The molecule has 3 heterocycles. The van der Waals surface area contributed by atoms with Gasteiger partial charge in [0.05, 0.1) is 5.69 Å². The summed E-state index contributed by atoms with van der Waals surface area (Å²) in [5.41, 5.74) is 2.20. The normalized spacial score (nSPS) is 15.9. The predicted octanol–water partition coefficient (Wildman–Crippen LogP) is 2.63. The van der Waals surface area contributed by atoms with Crippen molar-refractivity contribution in [3.8, 4) is 17.0 Å². The van der Waals surface area contributed by atoms with Crippen LogP contribution in [0.25, 0.3) is 22.2 Å². The molecule has 1 fully saturated rings. The molecule has 1 aliphatic rings. The summed E-state index contributed by atoms with van der Waals surface area (Å²) in [5.74, 6) is -1.95. The predicted molar refractivity (Wildman–Crippen MR) is 132 cm³/mol. The minimum Gasteiger partial charge on any atom is -0.506 e. The summed E-state index contributed by atoms with van der Waals surface area (Å²) in [5, 5.41) is 23.7. The number of H-pyrrole nitrogens is 1. The first-order valence-electron chi connectivity index (χ1n) is 11.0. The SMILES string of the molecule is CCc1c(-c2ccc3c(c2)cc(CN2CCC(NC(C)=O)C2)n3C)[nH]c(=O)c(C(=O)O)c1O.Cl. The molecule has 4 rings (SSSR count). The second kappa shape index (κ2) is 9.90. The molecule has 2 aromatic heterocycles. The van der Waals surface area contributed by atoms with Gasteiger partial charge in [0, 0.05) is 61.8 Å². The summed E-state index contributed by atoms with van der Waals surface area (Å²) in [6.45, 7) is 5.81. The number of aromatic hydroxyl groups is 1. The topological polar surface area (TPSA) is 128 Å². The summed E-state index contributed by atoms with van der Waals surface area (Å²) in [4.78, 5) is 40.0. The van der Waals surface area contributed by atoms with E-state index in [1.165, 1.54) is 6.92 Å². The van der Waals surface area contributed by atoms with Gasteiger partial charge in [-0.3, -0.25) is 14.5 Å². The van der Waals surface area contributed by atoms with Crippen molar-refractivity contribution in [1.82, 2.24) is 19.8 Å². The Morgan fingerprint density at radius 3 is 2.65 bits per heavy atom. The second-order valence-electron chi connectivity index (χ2n) is 8.58. The van der Waals surface area contributed by atoms with Crippen LogP contribution < -0.4 is 10.9 Å². The van der Waals surface area contributed by atoms with Gasteiger partial charge in [-0.2, -0.15) is 0 Å². The fourth-order valence-electron chi connectivity index (χ4n) is 4.74. The van der Waals surface area contributed by atoms with E-state index < -0.39 is 22.8 Å². The molecule has 0 spiro atoms. The fourth-order valence-corrected chi connectivity index (χ4v) is 4.74. The first-order valence-corrected chi connectivity index (χ1v) is 11.0. The highest BCUT2D eigenvalue weighted by Crippen LogP contribution is 2.32. The minimum absolute atomic E-state index is 0. The third-order valence-electron chi connectivity index (χ3n) is 6.35. The lowest BCUT2D eigenvalue weighted by Gasteiger charge is -2.17. The maximum absolute atomic E-state index is 12.3. The Kier molecular flexibility index (Phi) is 7.38. The van der Waals surface area contributed by atoms with Crippen LogP contribution in [0.4, 0.5) is 0 Å². The lowest BCUT2D eigenvalue weighted by atomic mass is 9.99. The number of hydrogen-bond donors (Lipinski definition) is 4. The number of aromatic amines is 1. The fraction of sp³-hybridized carbons (Fsp3) is 0.375. The molecule has 1 saturated heterocycles. The highest BCUT2D eigenvalue weighted by Gasteiger charge is 2.25. The Morgan fingerprint density at radius 2 is 2.00 bits per heavy atom. The minimum atomic E-state index is -1.46. The Labute approximate surface area is 202 Å². The van der Waals surface area contributed by atoms with Gasteiger partial charge in [0.15, 0.2) is 5.56 Å². The number of carboxylic acid groups (broad SMARTS) is 1. The first kappa shape index (κ1) is 25.3. The number of nitrogens with zero attached hydrogens (tertiary/aromatic N) is 2. The van der Waals surface area contributed by atoms with E-state index in [0.717, 1.165) is 42.7 Å². The van der Waals surface area contributed by atoms with E-state index >= 15 is 0 Å². The van der Waals surface area contributed by atoms with Gasteiger partial charge in [-0.25, -0.2) is 4.79 Å². The molecule has 1 aromatic carbocycles. The molecule has 0 aliphatic carbocycles. The van der Waals surface area contributed by atoms with Crippen LogP contribution in [-0.2, 0) is 24.8 Å². The number of benzene rings is 1. The van der Waals surface area contributed by atoms with Gasteiger partial charge in [0.25, 0.3) is 5.56 Å². The summed E-state index contributed by atoms with van der Waals surface area (Å²) >= 11 is 0. The van der Waals surface area contributed by atoms with Crippen molar-refractivity contribution in [2.75, 3.05) is 13.1 Å². The number of carbonyl (C=O) groups is 2. The molecule has 0 radical (unpaired) electrons. The van der Waals surface area contributed by atoms with E-state index in [2.05, 4.69) is 25.8 Å². The lowest BCUT2D eigenvalue weighted by Crippen LogP contribution is -2.35. The van der Waals surface area contributed by atoms with Gasteiger partial charge in [-0.1, -0.05) is 13.0 Å². The molecule has 0 bridgehead atoms. The Balaban J connectivity index is 0.00000324. The number of carbonyl (C=O) groups excluding carboxylic acids is 1. The van der Waals surface area contributed by atoms with Crippen LogP contribution in [0.5, 0.6) is 5.75 Å². The maximum atomic E-state index is 12.3. The highest BCUT2D eigenvalue weighted by atomic mass is 35.5. The van der Waals surface area contributed by atoms with Crippen molar-refractivity contribution in [2.45, 2.75) is 39.3 Å². The molecule has 0 saturated carbocycles. The van der Waals surface area contributed by atoms with Gasteiger partial charge >= 0.3 is 5.97 Å². The third-order valence-corrected chi connectivity index (χ3v) is 6.35. The molecule has 1 atom stereocenters.